The molecule has 8 heavy (non-hydrogen) atoms. The molecule has 0 radical (unpaired) electrons. The van der Waals surface area contributed by atoms with Gasteiger partial charge in [-0.15, -0.1) is 0 Å². The molecule has 0 aliphatic rings. The molecule has 0 aliphatic heterocycles. The van der Waals surface area contributed by atoms with Gasteiger partial charge < -0.3 is 16.2 Å². The van der Waals surface area contributed by atoms with Crippen molar-refractivity contribution in [3.63, 3.8) is 0 Å². The van der Waals surface area contributed by atoms with Gasteiger partial charge in [0.2, 0.25) is 0 Å². The highest BCUT2D eigenvalue weighted by molar-refractivity contribution is 4.55. The number of aliphatic hydroxyl groups is 1. The van der Waals surface area contributed by atoms with Crippen LogP contribution in [0.4, 0.5) is 0 Å². The molecule has 0 aliphatic carbocycles. The Hall–Kier alpha value is -0.120. The van der Waals surface area contributed by atoms with Gasteiger partial charge in [-0.2, -0.15) is 0 Å². The van der Waals surface area contributed by atoms with Gasteiger partial charge in [-0.05, 0) is 6.92 Å². The topological polar surface area (TPSA) is 58.3 Å². The van der Waals surface area contributed by atoms with Crippen LogP contribution in [0.3, 0.4) is 0 Å². The number of nitrogens with one attached hydrogen (secondary N) is 1. The Morgan fingerprint density at radius 1 is 1.75 bits per heavy atom. The summed E-state index contributed by atoms with van der Waals surface area (Å²) in [4.78, 5) is 0. The van der Waals surface area contributed by atoms with E-state index in [0.717, 1.165) is 6.54 Å². The maximum Gasteiger partial charge on any atom is 0.0555 e. The van der Waals surface area contributed by atoms with Crippen molar-refractivity contribution < 1.29 is 5.11 Å². The molecule has 0 heterocycles. The highest BCUT2D eigenvalue weighted by atomic mass is 16.3. The number of hydrogen-bond acceptors (Lipinski definition) is 3. The van der Waals surface area contributed by atoms with Gasteiger partial charge in [-0.25, -0.2) is 0 Å². The van der Waals surface area contributed by atoms with Crippen LogP contribution in [-0.4, -0.2) is 30.8 Å². The van der Waals surface area contributed by atoms with Crippen LogP contribution in [-0.2, 0) is 0 Å². The van der Waals surface area contributed by atoms with Crippen LogP contribution in [0.15, 0.2) is 0 Å². The average Bonchev–Trinajstić information content (AvgIpc) is 1.66. The lowest BCUT2D eigenvalue weighted by Crippen LogP contribution is -2.32. The molecule has 0 rings (SSSR count). The van der Waals surface area contributed by atoms with Gasteiger partial charge in [0, 0.05) is 19.1 Å². The van der Waals surface area contributed by atoms with Crippen molar-refractivity contribution in [1.82, 2.24) is 5.32 Å². The van der Waals surface area contributed by atoms with Crippen molar-refractivity contribution in [3.8, 4) is 0 Å². The van der Waals surface area contributed by atoms with Crippen molar-refractivity contribution in [1.29, 1.82) is 0 Å². The Morgan fingerprint density at radius 3 is 2.75 bits per heavy atom. The lowest BCUT2D eigenvalue weighted by molar-refractivity contribution is 0.291. The molecule has 3 nitrogen and oxygen atoms in total. The molecule has 0 saturated carbocycles. The summed E-state index contributed by atoms with van der Waals surface area (Å²) >= 11 is 0. The van der Waals surface area contributed by atoms with Gasteiger partial charge in [0.1, 0.15) is 0 Å². The fourth-order valence-electron chi connectivity index (χ4n) is 0.409. The molecule has 4 N–H and O–H groups in total. The smallest absolute Gasteiger partial charge is 0.0555 e. The molecule has 0 aromatic carbocycles. The van der Waals surface area contributed by atoms with Crippen molar-refractivity contribution in [2.24, 2.45) is 5.73 Å². The number of aliphatic hydroxyl groups excluding tert-OH is 1. The number of hydrogen-bond donors (Lipinski definition) is 3. The van der Waals surface area contributed by atoms with E-state index >= 15 is 0 Å². The van der Waals surface area contributed by atoms with Gasteiger partial charge in [0.25, 0.3) is 0 Å². The molecule has 0 bridgehead atoms. The molecular formula is C5H14N2O. The van der Waals surface area contributed by atoms with E-state index in [2.05, 4.69) is 5.32 Å². The molecule has 0 saturated heterocycles. The molecule has 0 fully saturated rings. The first-order valence-corrected chi connectivity index (χ1v) is 2.84. The van der Waals surface area contributed by atoms with E-state index in [9.17, 15) is 0 Å². The normalized spacial score (nSPS) is 13.9. The zero-order valence-corrected chi connectivity index (χ0v) is 5.22. The lowest BCUT2D eigenvalue weighted by atomic mass is 10.4. The first kappa shape index (κ1) is 7.88. The second-order valence-corrected chi connectivity index (χ2v) is 1.91. The molecule has 0 spiro atoms. The number of nitrogens with two attached hydrogens (primary N) is 1. The maximum atomic E-state index is 8.28. The fraction of sp³-hybridized carbons (Fsp3) is 1.00. The summed E-state index contributed by atoms with van der Waals surface area (Å²) in [7, 11) is 0. The maximum absolute atomic E-state index is 8.28. The zero-order valence-electron chi connectivity index (χ0n) is 5.22. The van der Waals surface area contributed by atoms with E-state index in [-0.39, 0.29) is 12.6 Å². The van der Waals surface area contributed by atoms with E-state index in [1.54, 1.807) is 0 Å². The highest BCUT2D eigenvalue weighted by Gasteiger charge is 1.89. The summed E-state index contributed by atoms with van der Waals surface area (Å²) in [6.45, 7) is 3.53. The third-order valence-corrected chi connectivity index (χ3v) is 0.755. The fourth-order valence-corrected chi connectivity index (χ4v) is 0.409. The molecule has 1 atom stereocenters. The molecule has 0 amide bonds. The highest BCUT2D eigenvalue weighted by Crippen LogP contribution is 1.67. The predicted octanol–water partition coefficient (Wildman–Crippen LogP) is -1.08. The Balaban J connectivity index is 2.72. The average molecular weight is 118 g/mol. The lowest BCUT2D eigenvalue weighted by Gasteiger charge is -2.03. The molecular weight excluding hydrogens is 104 g/mol. The summed E-state index contributed by atoms with van der Waals surface area (Å²) in [6.07, 6.45) is 0. The van der Waals surface area contributed by atoms with E-state index in [4.69, 9.17) is 10.8 Å². The Kier molecular flexibility index (Phi) is 4.95. The van der Waals surface area contributed by atoms with Gasteiger partial charge in [0.15, 0.2) is 0 Å². The SMILES string of the molecule is CC(N)CNCCO. The van der Waals surface area contributed by atoms with Gasteiger partial charge in [-0.3, -0.25) is 0 Å². The Bertz CT molecular complexity index is 47.7. The monoisotopic (exact) mass is 118 g/mol. The third kappa shape index (κ3) is 5.88. The summed E-state index contributed by atoms with van der Waals surface area (Å²) in [5.74, 6) is 0. The number of rotatable bonds is 4. The third-order valence-electron chi connectivity index (χ3n) is 0.755. The van der Waals surface area contributed by atoms with Crippen molar-refractivity contribution >= 4 is 0 Å². The van der Waals surface area contributed by atoms with Crippen LogP contribution in [0.1, 0.15) is 6.92 Å². The zero-order chi connectivity index (χ0) is 6.41. The molecule has 0 aromatic heterocycles. The second kappa shape index (κ2) is 5.03. The Morgan fingerprint density at radius 2 is 2.38 bits per heavy atom. The molecule has 50 valence electrons. The van der Waals surface area contributed by atoms with Crippen LogP contribution >= 0.6 is 0 Å². The van der Waals surface area contributed by atoms with Crippen LogP contribution < -0.4 is 11.1 Å². The minimum Gasteiger partial charge on any atom is -0.395 e. The van der Waals surface area contributed by atoms with E-state index < -0.39 is 0 Å². The summed E-state index contributed by atoms with van der Waals surface area (Å²) in [5, 5.41) is 11.2. The largest absolute Gasteiger partial charge is 0.395 e. The van der Waals surface area contributed by atoms with Crippen molar-refractivity contribution in [3.05, 3.63) is 0 Å². The van der Waals surface area contributed by atoms with Crippen molar-refractivity contribution in [2.45, 2.75) is 13.0 Å². The quantitative estimate of drug-likeness (QED) is 0.411. The summed E-state index contributed by atoms with van der Waals surface area (Å²) in [5.41, 5.74) is 5.39. The van der Waals surface area contributed by atoms with Gasteiger partial charge in [-0.1, -0.05) is 0 Å². The van der Waals surface area contributed by atoms with Crippen LogP contribution in [0.5, 0.6) is 0 Å². The minimum absolute atomic E-state index is 0.182. The molecule has 1 unspecified atom stereocenters. The summed E-state index contributed by atoms with van der Waals surface area (Å²) in [6, 6.07) is 0.182. The van der Waals surface area contributed by atoms with Crippen LogP contribution in [0, 0.1) is 0 Å². The van der Waals surface area contributed by atoms with Crippen LogP contribution in [0.2, 0.25) is 0 Å². The van der Waals surface area contributed by atoms with E-state index in [0.29, 0.717) is 6.54 Å². The second-order valence-electron chi connectivity index (χ2n) is 1.91. The molecule has 3 heteroatoms. The van der Waals surface area contributed by atoms with Crippen molar-refractivity contribution in [2.75, 3.05) is 19.7 Å². The standard InChI is InChI=1S/C5H14N2O/c1-5(6)4-7-2-3-8/h5,7-8H,2-4,6H2,1H3. The first-order valence-electron chi connectivity index (χ1n) is 2.84. The first-order chi connectivity index (χ1) is 3.77. The Labute approximate surface area is 49.9 Å². The van der Waals surface area contributed by atoms with Gasteiger partial charge >= 0.3 is 0 Å². The van der Waals surface area contributed by atoms with E-state index in [1.807, 2.05) is 6.92 Å². The van der Waals surface area contributed by atoms with Crippen LogP contribution in [0.25, 0.3) is 0 Å². The van der Waals surface area contributed by atoms with E-state index in [1.165, 1.54) is 0 Å². The van der Waals surface area contributed by atoms with Gasteiger partial charge in [0.05, 0.1) is 6.61 Å². The molecule has 0 aromatic rings. The summed E-state index contributed by atoms with van der Waals surface area (Å²) < 4.78 is 0. The predicted molar refractivity (Wildman–Crippen MR) is 33.6 cm³/mol. The minimum atomic E-state index is 0.182.